The first-order valence-corrected chi connectivity index (χ1v) is 5.84. The van der Waals surface area contributed by atoms with Crippen LogP contribution in [-0.4, -0.2) is 25.0 Å². The molecule has 0 saturated carbocycles. The summed E-state index contributed by atoms with van der Waals surface area (Å²) >= 11 is 0. The minimum absolute atomic E-state index is 0.0684. The second kappa shape index (κ2) is 6.64. The maximum Gasteiger partial charge on any atom is 0.338 e. The van der Waals surface area contributed by atoms with Crippen molar-refractivity contribution in [3.05, 3.63) is 29.3 Å². The monoisotopic (exact) mass is 250 g/mol. The third kappa shape index (κ3) is 4.08. The van der Waals surface area contributed by atoms with Gasteiger partial charge in [-0.3, -0.25) is 4.79 Å². The first-order chi connectivity index (χ1) is 8.54. The van der Waals surface area contributed by atoms with Crippen molar-refractivity contribution in [2.24, 2.45) is 0 Å². The van der Waals surface area contributed by atoms with Crippen LogP contribution in [-0.2, 0) is 9.53 Å². The molecule has 0 bridgehead atoms. The summed E-state index contributed by atoms with van der Waals surface area (Å²) in [6, 6.07) is 5.06. The molecule has 18 heavy (non-hydrogen) atoms. The first-order valence-electron chi connectivity index (χ1n) is 5.84. The molecule has 0 atom stereocenters. The lowest BCUT2D eigenvalue weighted by Crippen LogP contribution is -2.24. The van der Waals surface area contributed by atoms with Crippen molar-refractivity contribution in [2.45, 2.75) is 20.3 Å². The Labute approximate surface area is 106 Å². The fourth-order valence-electron chi connectivity index (χ4n) is 1.46. The number of aryl methyl sites for hydroxylation is 1. The van der Waals surface area contributed by atoms with Crippen molar-refractivity contribution in [2.75, 3.05) is 18.9 Å². The molecule has 1 rings (SSSR count). The number of ether oxygens (including phenoxy) is 1. The van der Waals surface area contributed by atoms with Crippen LogP contribution in [0, 0.1) is 6.92 Å². The van der Waals surface area contributed by atoms with Gasteiger partial charge in [0.05, 0.1) is 12.0 Å². The normalized spacial score (nSPS) is 9.89. The molecule has 0 saturated heterocycles. The zero-order valence-corrected chi connectivity index (χ0v) is 10.7. The number of nitrogens with one attached hydrogen (secondary N) is 1. The zero-order chi connectivity index (χ0) is 13.5. The number of nitrogens with two attached hydrogens (primary N) is 1. The van der Waals surface area contributed by atoms with Crippen molar-refractivity contribution in [3.8, 4) is 0 Å². The Kier molecular flexibility index (Phi) is 5.17. The van der Waals surface area contributed by atoms with Crippen LogP contribution >= 0.6 is 0 Å². The van der Waals surface area contributed by atoms with E-state index in [1.54, 1.807) is 25.1 Å². The summed E-state index contributed by atoms with van der Waals surface area (Å²) in [4.78, 5) is 22.9. The molecule has 0 radical (unpaired) electrons. The lowest BCUT2D eigenvalue weighted by molar-refractivity contribution is -0.121. The van der Waals surface area contributed by atoms with Crippen molar-refractivity contribution in [1.82, 2.24) is 5.32 Å². The van der Waals surface area contributed by atoms with Gasteiger partial charge in [0.1, 0.15) is 6.61 Å². The van der Waals surface area contributed by atoms with E-state index in [4.69, 9.17) is 10.5 Å². The van der Waals surface area contributed by atoms with Gasteiger partial charge in [-0.15, -0.1) is 0 Å². The lowest BCUT2D eigenvalue weighted by Gasteiger charge is -2.07. The first kappa shape index (κ1) is 14.0. The van der Waals surface area contributed by atoms with Crippen molar-refractivity contribution in [3.63, 3.8) is 0 Å². The molecule has 5 heteroatoms. The third-order valence-corrected chi connectivity index (χ3v) is 2.42. The molecule has 5 nitrogen and oxygen atoms in total. The van der Waals surface area contributed by atoms with Gasteiger partial charge in [-0.05, 0) is 31.5 Å². The van der Waals surface area contributed by atoms with E-state index in [9.17, 15) is 9.59 Å². The summed E-state index contributed by atoms with van der Waals surface area (Å²) in [6.45, 7) is 4.28. The summed E-state index contributed by atoms with van der Waals surface area (Å²) < 4.78 is 5.03. The van der Waals surface area contributed by atoms with Crippen LogP contribution in [0.5, 0.6) is 0 Å². The second-order valence-electron chi connectivity index (χ2n) is 3.91. The fraction of sp³-hybridized carbons (Fsp3) is 0.385. The van der Waals surface area contributed by atoms with Gasteiger partial charge in [-0.2, -0.15) is 0 Å². The number of anilines is 1. The predicted octanol–water partition coefficient (Wildman–Crippen LogP) is 1.26. The Hall–Kier alpha value is -2.04. The highest BCUT2D eigenvalue weighted by molar-refractivity contribution is 5.92. The van der Waals surface area contributed by atoms with Gasteiger partial charge in [-0.25, -0.2) is 4.79 Å². The molecule has 0 spiro atoms. The number of amides is 1. The van der Waals surface area contributed by atoms with Crippen molar-refractivity contribution in [1.29, 1.82) is 0 Å². The lowest BCUT2D eigenvalue weighted by atomic mass is 10.1. The van der Waals surface area contributed by atoms with E-state index in [1.807, 2.05) is 6.92 Å². The highest BCUT2D eigenvalue weighted by Crippen LogP contribution is 2.13. The SMILES string of the molecule is CCNC(=O)CCOC(=O)c1cc(N)ccc1C. The highest BCUT2D eigenvalue weighted by Gasteiger charge is 2.11. The van der Waals surface area contributed by atoms with E-state index in [0.29, 0.717) is 17.8 Å². The highest BCUT2D eigenvalue weighted by atomic mass is 16.5. The van der Waals surface area contributed by atoms with Crippen LogP contribution in [0.25, 0.3) is 0 Å². The number of benzene rings is 1. The van der Waals surface area contributed by atoms with Gasteiger partial charge in [0, 0.05) is 12.2 Å². The number of esters is 1. The molecule has 0 aromatic heterocycles. The Morgan fingerprint density at radius 2 is 2.11 bits per heavy atom. The van der Waals surface area contributed by atoms with Crippen LogP contribution in [0.2, 0.25) is 0 Å². The van der Waals surface area contributed by atoms with Crippen LogP contribution in [0.4, 0.5) is 5.69 Å². The van der Waals surface area contributed by atoms with Gasteiger partial charge in [0.25, 0.3) is 0 Å². The van der Waals surface area contributed by atoms with Crippen LogP contribution in [0.1, 0.15) is 29.3 Å². The summed E-state index contributed by atoms with van der Waals surface area (Å²) in [7, 11) is 0. The Balaban J connectivity index is 2.50. The molecule has 3 N–H and O–H groups in total. The van der Waals surface area contributed by atoms with E-state index in [1.165, 1.54) is 0 Å². The van der Waals surface area contributed by atoms with Crippen molar-refractivity contribution < 1.29 is 14.3 Å². The van der Waals surface area contributed by atoms with Crippen LogP contribution in [0.15, 0.2) is 18.2 Å². The van der Waals surface area contributed by atoms with Gasteiger partial charge in [0.15, 0.2) is 0 Å². The molecule has 0 fully saturated rings. The Morgan fingerprint density at radius 1 is 1.39 bits per heavy atom. The van der Waals surface area contributed by atoms with Gasteiger partial charge < -0.3 is 15.8 Å². The second-order valence-corrected chi connectivity index (χ2v) is 3.91. The quantitative estimate of drug-likeness (QED) is 0.609. The van der Waals surface area contributed by atoms with Crippen molar-refractivity contribution >= 4 is 17.6 Å². The molecule has 1 aromatic carbocycles. The van der Waals surface area contributed by atoms with Gasteiger partial charge in [-0.1, -0.05) is 6.07 Å². The maximum absolute atomic E-state index is 11.7. The molecular weight excluding hydrogens is 232 g/mol. The van der Waals surface area contributed by atoms with E-state index in [2.05, 4.69) is 5.32 Å². The summed E-state index contributed by atoms with van der Waals surface area (Å²) in [5.41, 5.74) is 7.35. The maximum atomic E-state index is 11.7. The van der Waals surface area contributed by atoms with Crippen LogP contribution < -0.4 is 11.1 Å². The molecule has 0 heterocycles. The molecule has 1 amide bonds. The fourth-order valence-corrected chi connectivity index (χ4v) is 1.46. The average Bonchev–Trinajstić information content (AvgIpc) is 2.32. The van der Waals surface area contributed by atoms with Crippen LogP contribution in [0.3, 0.4) is 0 Å². The molecule has 1 aromatic rings. The number of rotatable bonds is 5. The number of hydrogen-bond donors (Lipinski definition) is 2. The van der Waals surface area contributed by atoms with Gasteiger partial charge >= 0.3 is 5.97 Å². The smallest absolute Gasteiger partial charge is 0.338 e. The minimum atomic E-state index is -0.455. The van der Waals surface area contributed by atoms with E-state index < -0.39 is 5.97 Å². The predicted molar refractivity (Wildman–Crippen MR) is 69.2 cm³/mol. The number of nitrogen functional groups attached to an aromatic ring is 1. The number of hydrogen-bond acceptors (Lipinski definition) is 4. The summed E-state index contributed by atoms with van der Waals surface area (Å²) in [5, 5.41) is 2.63. The molecule has 0 unspecified atom stereocenters. The zero-order valence-electron chi connectivity index (χ0n) is 10.7. The third-order valence-electron chi connectivity index (χ3n) is 2.42. The topological polar surface area (TPSA) is 81.4 Å². The van der Waals surface area contributed by atoms with E-state index >= 15 is 0 Å². The molecule has 0 aliphatic rings. The Bertz CT molecular complexity index is 444. The average molecular weight is 250 g/mol. The molecule has 0 aliphatic heterocycles. The molecule has 0 aliphatic carbocycles. The summed E-state index contributed by atoms with van der Waals surface area (Å²) in [5.74, 6) is -0.585. The Morgan fingerprint density at radius 3 is 2.78 bits per heavy atom. The van der Waals surface area contributed by atoms with E-state index in [-0.39, 0.29) is 18.9 Å². The standard InChI is InChI=1S/C13H18N2O3/c1-3-15-12(16)6-7-18-13(17)11-8-10(14)5-4-9(11)2/h4-5,8H,3,6-7,14H2,1-2H3,(H,15,16). The number of carbonyl (C=O) groups is 2. The summed E-state index contributed by atoms with van der Waals surface area (Å²) in [6.07, 6.45) is 0.168. The number of carbonyl (C=O) groups excluding carboxylic acids is 2. The minimum Gasteiger partial charge on any atom is -0.462 e. The van der Waals surface area contributed by atoms with Gasteiger partial charge in [0.2, 0.25) is 5.91 Å². The molecule has 98 valence electrons. The largest absolute Gasteiger partial charge is 0.462 e. The van der Waals surface area contributed by atoms with E-state index in [0.717, 1.165) is 5.56 Å². The molecular formula is C13H18N2O3.